The summed E-state index contributed by atoms with van der Waals surface area (Å²) in [6.07, 6.45) is 0. The zero-order valence-electron chi connectivity index (χ0n) is 12.6. The van der Waals surface area contributed by atoms with Gasteiger partial charge in [-0.05, 0) is 27.7 Å². The van der Waals surface area contributed by atoms with Crippen molar-refractivity contribution in [3.8, 4) is 0 Å². The van der Waals surface area contributed by atoms with Gasteiger partial charge in [0.05, 0.1) is 28.3 Å². The van der Waals surface area contributed by atoms with Crippen molar-refractivity contribution in [2.24, 2.45) is 0 Å². The van der Waals surface area contributed by atoms with E-state index in [0.717, 1.165) is 39.9 Å². The Bertz CT molecular complexity index is 783. The van der Waals surface area contributed by atoms with E-state index in [-0.39, 0.29) is 5.38 Å². The van der Waals surface area contributed by atoms with Gasteiger partial charge >= 0.3 is 0 Å². The number of fused-ring (bicyclic) bond motifs is 1. The number of aromatic nitrogens is 5. The lowest BCUT2D eigenvalue weighted by molar-refractivity contribution is 0.630. The number of thiazole rings is 1. The maximum absolute atomic E-state index is 6.33. The summed E-state index contributed by atoms with van der Waals surface area (Å²) in [5, 5.41) is 7.56. The molecule has 0 radical (unpaired) electrons. The van der Waals surface area contributed by atoms with Crippen molar-refractivity contribution in [3.05, 3.63) is 27.6 Å². The minimum Gasteiger partial charge on any atom is -0.306 e. The molecule has 0 aliphatic rings. The summed E-state index contributed by atoms with van der Waals surface area (Å²) in [5.74, 6) is 0.875. The van der Waals surface area contributed by atoms with Crippen LogP contribution in [0.2, 0.25) is 0 Å². The molecular formula is C14H18ClN5S. The molecule has 0 N–H and O–H groups in total. The van der Waals surface area contributed by atoms with E-state index in [1.54, 1.807) is 11.3 Å². The van der Waals surface area contributed by atoms with Gasteiger partial charge < -0.3 is 4.57 Å². The smallest absolute Gasteiger partial charge is 0.159 e. The Balaban J connectivity index is 2.19. The van der Waals surface area contributed by atoms with Crippen LogP contribution in [-0.2, 0) is 13.1 Å². The molecule has 0 bridgehead atoms. The molecular weight excluding hydrogens is 306 g/mol. The number of halogens is 1. The lowest BCUT2D eigenvalue weighted by Gasteiger charge is -2.10. The van der Waals surface area contributed by atoms with Crippen molar-refractivity contribution >= 4 is 34.1 Å². The summed E-state index contributed by atoms with van der Waals surface area (Å²) >= 11 is 7.99. The summed E-state index contributed by atoms with van der Waals surface area (Å²) in [6.45, 7) is 9.52. The SMILES string of the molecule is CCn1nc(C)c2nc(C(C)Cl)n(Cc3csc(C)n3)c21. The number of imidazole rings is 1. The summed E-state index contributed by atoms with van der Waals surface area (Å²) in [5.41, 5.74) is 3.95. The molecule has 3 heterocycles. The average molecular weight is 324 g/mol. The first-order valence-electron chi connectivity index (χ1n) is 6.99. The molecule has 0 aliphatic heterocycles. The number of rotatable bonds is 4. The van der Waals surface area contributed by atoms with Crippen LogP contribution < -0.4 is 0 Å². The molecule has 21 heavy (non-hydrogen) atoms. The predicted molar refractivity (Wildman–Crippen MR) is 86.2 cm³/mol. The van der Waals surface area contributed by atoms with Crippen LogP contribution in [0.4, 0.5) is 0 Å². The van der Waals surface area contributed by atoms with Crippen LogP contribution in [0.3, 0.4) is 0 Å². The van der Waals surface area contributed by atoms with Crippen molar-refractivity contribution in [1.82, 2.24) is 24.3 Å². The number of aryl methyl sites for hydroxylation is 3. The standard InChI is InChI=1S/C14H18ClN5S/c1-5-20-14-12(9(3)18-20)17-13(8(2)15)19(14)6-11-7-21-10(4)16-11/h7-8H,5-6H2,1-4H3. The fourth-order valence-corrected chi connectivity index (χ4v) is 3.33. The highest BCUT2D eigenvalue weighted by atomic mass is 35.5. The molecule has 0 aromatic carbocycles. The van der Waals surface area contributed by atoms with E-state index in [1.807, 2.05) is 25.5 Å². The second kappa shape index (κ2) is 5.42. The molecule has 0 saturated carbocycles. The van der Waals surface area contributed by atoms with E-state index < -0.39 is 0 Å². The maximum Gasteiger partial charge on any atom is 0.159 e. The highest BCUT2D eigenvalue weighted by Crippen LogP contribution is 2.27. The molecule has 3 aromatic rings. The van der Waals surface area contributed by atoms with Gasteiger partial charge in [0, 0.05) is 11.9 Å². The topological polar surface area (TPSA) is 48.5 Å². The van der Waals surface area contributed by atoms with Crippen LogP contribution in [0.5, 0.6) is 0 Å². The quantitative estimate of drug-likeness (QED) is 0.688. The van der Waals surface area contributed by atoms with Crippen molar-refractivity contribution in [2.45, 2.75) is 46.2 Å². The van der Waals surface area contributed by atoms with Gasteiger partial charge in [0.25, 0.3) is 0 Å². The molecule has 1 atom stereocenters. The number of alkyl halides is 1. The second-order valence-electron chi connectivity index (χ2n) is 5.10. The Morgan fingerprint density at radius 1 is 1.33 bits per heavy atom. The Labute approximate surface area is 132 Å². The van der Waals surface area contributed by atoms with Crippen molar-refractivity contribution in [2.75, 3.05) is 0 Å². The maximum atomic E-state index is 6.33. The first-order chi connectivity index (χ1) is 10.0. The van der Waals surface area contributed by atoms with E-state index in [4.69, 9.17) is 16.6 Å². The van der Waals surface area contributed by atoms with Gasteiger partial charge in [0.1, 0.15) is 11.3 Å². The zero-order chi connectivity index (χ0) is 15.1. The van der Waals surface area contributed by atoms with Gasteiger partial charge in [-0.15, -0.1) is 22.9 Å². The third kappa shape index (κ3) is 2.46. The average Bonchev–Trinajstić information content (AvgIpc) is 3.08. The van der Waals surface area contributed by atoms with Crippen LogP contribution in [0, 0.1) is 13.8 Å². The van der Waals surface area contributed by atoms with E-state index in [1.165, 1.54) is 0 Å². The van der Waals surface area contributed by atoms with Crippen LogP contribution in [-0.4, -0.2) is 24.3 Å². The molecule has 0 saturated heterocycles. The zero-order valence-corrected chi connectivity index (χ0v) is 14.2. The van der Waals surface area contributed by atoms with Gasteiger partial charge in [0.15, 0.2) is 5.65 Å². The Hall–Kier alpha value is -1.40. The Kier molecular flexibility index (Phi) is 3.75. The molecule has 0 fully saturated rings. The lowest BCUT2D eigenvalue weighted by atomic mass is 10.4. The van der Waals surface area contributed by atoms with Crippen LogP contribution in [0.15, 0.2) is 5.38 Å². The third-order valence-corrected chi connectivity index (χ3v) is 4.49. The Morgan fingerprint density at radius 3 is 2.67 bits per heavy atom. The van der Waals surface area contributed by atoms with Gasteiger partial charge in [-0.25, -0.2) is 14.6 Å². The van der Waals surface area contributed by atoms with Crippen LogP contribution >= 0.6 is 22.9 Å². The molecule has 1 unspecified atom stereocenters. The second-order valence-corrected chi connectivity index (χ2v) is 6.82. The lowest BCUT2D eigenvalue weighted by Crippen LogP contribution is -2.10. The van der Waals surface area contributed by atoms with Crippen molar-refractivity contribution in [1.29, 1.82) is 0 Å². The highest BCUT2D eigenvalue weighted by Gasteiger charge is 2.21. The fourth-order valence-electron chi connectivity index (χ4n) is 2.56. The molecule has 5 nitrogen and oxygen atoms in total. The summed E-state index contributed by atoms with van der Waals surface area (Å²) < 4.78 is 4.13. The van der Waals surface area contributed by atoms with Gasteiger partial charge in [-0.2, -0.15) is 5.10 Å². The van der Waals surface area contributed by atoms with Crippen molar-refractivity contribution in [3.63, 3.8) is 0 Å². The largest absolute Gasteiger partial charge is 0.306 e. The minimum atomic E-state index is -0.151. The van der Waals surface area contributed by atoms with Gasteiger partial charge in [-0.1, -0.05) is 0 Å². The molecule has 7 heteroatoms. The molecule has 0 spiro atoms. The highest BCUT2D eigenvalue weighted by molar-refractivity contribution is 7.09. The normalized spacial score (nSPS) is 13.2. The van der Waals surface area contributed by atoms with E-state index in [9.17, 15) is 0 Å². The summed E-state index contributed by atoms with van der Waals surface area (Å²) in [6, 6.07) is 0. The van der Waals surface area contributed by atoms with Crippen LogP contribution in [0.25, 0.3) is 11.2 Å². The van der Waals surface area contributed by atoms with E-state index >= 15 is 0 Å². The van der Waals surface area contributed by atoms with Crippen LogP contribution in [0.1, 0.15) is 41.4 Å². The molecule has 3 aromatic heterocycles. The number of nitrogens with zero attached hydrogens (tertiary/aromatic N) is 5. The van der Waals surface area contributed by atoms with Gasteiger partial charge in [0.2, 0.25) is 0 Å². The predicted octanol–water partition coefficient (Wildman–Crippen LogP) is 3.67. The van der Waals surface area contributed by atoms with Crippen molar-refractivity contribution < 1.29 is 0 Å². The number of hydrogen-bond donors (Lipinski definition) is 0. The molecule has 3 rings (SSSR count). The van der Waals surface area contributed by atoms with Gasteiger partial charge in [-0.3, -0.25) is 0 Å². The molecule has 0 aliphatic carbocycles. The van der Waals surface area contributed by atoms with E-state index in [0.29, 0.717) is 6.54 Å². The monoisotopic (exact) mass is 323 g/mol. The third-order valence-electron chi connectivity index (χ3n) is 3.47. The van der Waals surface area contributed by atoms with E-state index in [2.05, 4.69) is 27.0 Å². The summed E-state index contributed by atoms with van der Waals surface area (Å²) in [4.78, 5) is 9.26. The Morgan fingerprint density at radius 2 is 2.10 bits per heavy atom. The fraction of sp³-hybridized carbons (Fsp3) is 0.500. The first-order valence-corrected chi connectivity index (χ1v) is 8.31. The first kappa shape index (κ1) is 14.5. The summed E-state index contributed by atoms with van der Waals surface area (Å²) in [7, 11) is 0. The molecule has 112 valence electrons. The minimum absolute atomic E-state index is 0.151. The number of hydrogen-bond acceptors (Lipinski definition) is 4. The molecule has 0 amide bonds.